The van der Waals surface area contributed by atoms with Gasteiger partial charge in [-0.1, -0.05) is 13.0 Å². The van der Waals surface area contributed by atoms with E-state index in [0.717, 1.165) is 43.9 Å². The van der Waals surface area contributed by atoms with E-state index in [4.69, 9.17) is 9.47 Å². The van der Waals surface area contributed by atoms with Crippen molar-refractivity contribution in [2.24, 2.45) is 5.92 Å². The van der Waals surface area contributed by atoms with Crippen molar-refractivity contribution in [3.63, 3.8) is 0 Å². The SMILES string of the molecule is CCN(CC1CCN(S(C)(=O)=O)CC1)C(C)Cc1ccc2c(c1)OCO2. The molecule has 0 saturated carbocycles. The molecule has 1 saturated heterocycles. The van der Waals surface area contributed by atoms with Gasteiger partial charge in [-0.15, -0.1) is 0 Å². The highest BCUT2D eigenvalue weighted by Gasteiger charge is 2.27. The number of nitrogens with zero attached hydrogens (tertiary/aromatic N) is 2. The first-order valence-electron chi connectivity index (χ1n) is 9.44. The maximum atomic E-state index is 11.7. The van der Waals surface area contributed by atoms with Crippen LogP contribution >= 0.6 is 0 Å². The highest BCUT2D eigenvalue weighted by atomic mass is 32.2. The molecular formula is C19H30N2O4S. The highest BCUT2D eigenvalue weighted by Crippen LogP contribution is 2.33. The third kappa shape index (κ3) is 4.69. The summed E-state index contributed by atoms with van der Waals surface area (Å²) in [6.07, 6.45) is 4.16. The minimum atomic E-state index is -3.05. The van der Waals surface area contributed by atoms with E-state index in [1.807, 2.05) is 6.07 Å². The van der Waals surface area contributed by atoms with Crippen LogP contribution in [-0.2, 0) is 16.4 Å². The molecule has 1 aromatic carbocycles. The summed E-state index contributed by atoms with van der Waals surface area (Å²) in [6, 6.07) is 6.61. The van der Waals surface area contributed by atoms with Crippen LogP contribution in [0.25, 0.3) is 0 Å². The van der Waals surface area contributed by atoms with Crippen molar-refractivity contribution in [1.82, 2.24) is 9.21 Å². The van der Waals surface area contributed by atoms with Crippen LogP contribution in [0.2, 0.25) is 0 Å². The fourth-order valence-corrected chi connectivity index (χ4v) is 4.79. The Morgan fingerprint density at radius 3 is 2.58 bits per heavy atom. The monoisotopic (exact) mass is 382 g/mol. The maximum Gasteiger partial charge on any atom is 0.231 e. The summed E-state index contributed by atoms with van der Waals surface area (Å²) in [5.41, 5.74) is 1.26. The lowest BCUT2D eigenvalue weighted by atomic mass is 9.96. The van der Waals surface area contributed by atoms with Gasteiger partial charge in [0, 0.05) is 25.7 Å². The second-order valence-corrected chi connectivity index (χ2v) is 9.42. The molecule has 0 spiro atoms. The van der Waals surface area contributed by atoms with Crippen LogP contribution in [0.4, 0.5) is 0 Å². The molecule has 146 valence electrons. The van der Waals surface area contributed by atoms with Gasteiger partial charge in [0.25, 0.3) is 0 Å². The largest absolute Gasteiger partial charge is 0.454 e. The predicted molar refractivity (Wildman–Crippen MR) is 102 cm³/mol. The first-order valence-corrected chi connectivity index (χ1v) is 11.3. The summed E-state index contributed by atoms with van der Waals surface area (Å²) in [5.74, 6) is 2.23. The van der Waals surface area contributed by atoms with Crippen LogP contribution in [0.15, 0.2) is 18.2 Å². The van der Waals surface area contributed by atoms with Gasteiger partial charge < -0.3 is 14.4 Å². The quantitative estimate of drug-likeness (QED) is 0.724. The number of rotatable bonds is 7. The third-order valence-electron chi connectivity index (χ3n) is 5.53. The van der Waals surface area contributed by atoms with E-state index in [9.17, 15) is 8.42 Å². The van der Waals surface area contributed by atoms with E-state index in [1.165, 1.54) is 11.8 Å². The molecule has 2 aliphatic rings. The maximum absolute atomic E-state index is 11.7. The van der Waals surface area contributed by atoms with Gasteiger partial charge in [0.15, 0.2) is 11.5 Å². The summed E-state index contributed by atoms with van der Waals surface area (Å²) < 4.78 is 35.8. The fourth-order valence-electron chi connectivity index (χ4n) is 3.91. The molecule has 0 radical (unpaired) electrons. The number of ether oxygens (including phenoxy) is 2. The summed E-state index contributed by atoms with van der Waals surface area (Å²) in [4.78, 5) is 2.51. The summed E-state index contributed by atoms with van der Waals surface area (Å²) in [7, 11) is -3.05. The second-order valence-electron chi connectivity index (χ2n) is 7.43. The minimum absolute atomic E-state index is 0.307. The summed E-state index contributed by atoms with van der Waals surface area (Å²) in [6.45, 7) is 8.09. The average molecular weight is 383 g/mol. The molecule has 7 heteroatoms. The second kappa shape index (κ2) is 8.15. The van der Waals surface area contributed by atoms with Gasteiger partial charge in [0.2, 0.25) is 16.8 Å². The van der Waals surface area contributed by atoms with Gasteiger partial charge >= 0.3 is 0 Å². The lowest BCUT2D eigenvalue weighted by molar-refractivity contribution is 0.152. The van der Waals surface area contributed by atoms with E-state index in [1.54, 1.807) is 4.31 Å². The molecule has 3 rings (SSSR count). The fraction of sp³-hybridized carbons (Fsp3) is 0.684. The number of piperidine rings is 1. The Morgan fingerprint density at radius 2 is 1.92 bits per heavy atom. The predicted octanol–water partition coefficient (Wildman–Crippen LogP) is 2.34. The normalized spacial score (nSPS) is 19.8. The molecule has 0 aliphatic carbocycles. The zero-order chi connectivity index (χ0) is 18.7. The van der Waals surface area contributed by atoms with E-state index in [-0.39, 0.29) is 0 Å². The van der Waals surface area contributed by atoms with E-state index in [0.29, 0.717) is 31.8 Å². The van der Waals surface area contributed by atoms with Gasteiger partial charge in [-0.05, 0) is 56.3 Å². The van der Waals surface area contributed by atoms with Crippen molar-refractivity contribution in [2.45, 2.75) is 39.2 Å². The van der Waals surface area contributed by atoms with Gasteiger partial charge in [-0.25, -0.2) is 12.7 Å². The molecule has 1 unspecified atom stereocenters. The van der Waals surface area contributed by atoms with Crippen molar-refractivity contribution >= 4 is 10.0 Å². The van der Waals surface area contributed by atoms with Crippen LogP contribution in [0.1, 0.15) is 32.3 Å². The van der Waals surface area contributed by atoms with Crippen LogP contribution in [0.5, 0.6) is 11.5 Å². The molecule has 2 heterocycles. The molecule has 6 nitrogen and oxygen atoms in total. The summed E-state index contributed by atoms with van der Waals surface area (Å²) >= 11 is 0. The zero-order valence-electron chi connectivity index (χ0n) is 16.0. The smallest absolute Gasteiger partial charge is 0.231 e. The molecule has 0 aromatic heterocycles. The number of likely N-dealkylation sites (N-methyl/N-ethyl adjacent to an activating group) is 1. The van der Waals surface area contributed by atoms with Gasteiger partial charge in [0.1, 0.15) is 0 Å². The number of fused-ring (bicyclic) bond motifs is 1. The zero-order valence-corrected chi connectivity index (χ0v) is 16.8. The summed E-state index contributed by atoms with van der Waals surface area (Å²) in [5, 5.41) is 0. The Labute approximate surface area is 157 Å². The Balaban J connectivity index is 1.53. The van der Waals surface area contributed by atoms with Crippen molar-refractivity contribution in [3.05, 3.63) is 23.8 Å². The Bertz CT molecular complexity index is 714. The first kappa shape index (κ1) is 19.5. The molecule has 0 bridgehead atoms. The van der Waals surface area contributed by atoms with Crippen molar-refractivity contribution in [1.29, 1.82) is 0 Å². The molecule has 1 atom stereocenters. The lowest BCUT2D eigenvalue weighted by Gasteiger charge is -2.36. The molecule has 26 heavy (non-hydrogen) atoms. The standard InChI is InChI=1S/C19H30N2O4S/c1-4-20(13-16-7-9-21(10-8-16)26(3,22)23)15(2)11-17-5-6-18-19(12-17)25-14-24-18/h5-6,12,15-16H,4,7-11,13-14H2,1-3H3. The number of hydrogen-bond acceptors (Lipinski definition) is 5. The molecule has 0 amide bonds. The number of hydrogen-bond donors (Lipinski definition) is 0. The van der Waals surface area contributed by atoms with Gasteiger partial charge in [-0.2, -0.15) is 0 Å². The lowest BCUT2D eigenvalue weighted by Crippen LogP contribution is -2.43. The molecule has 1 fully saturated rings. The van der Waals surface area contributed by atoms with E-state index in [2.05, 4.69) is 30.9 Å². The van der Waals surface area contributed by atoms with E-state index >= 15 is 0 Å². The van der Waals surface area contributed by atoms with Crippen LogP contribution in [0, 0.1) is 5.92 Å². The van der Waals surface area contributed by atoms with Crippen molar-refractivity contribution in [3.8, 4) is 11.5 Å². The molecule has 2 aliphatic heterocycles. The number of sulfonamides is 1. The van der Waals surface area contributed by atoms with Crippen LogP contribution in [-0.4, -0.2) is 62.9 Å². The minimum Gasteiger partial charge on any atom is -0.454 e. The Morgan fingerprint density at radius 1 is 1.23 bits per heavy atom. The van der Waals surface area contributed by atoms with Crippen LogP contribution < -0.4 is 9.47 Å². The molecular weight excluding hydrogens is 352 g/mol. The first-order chi connectivity index (χ1) is 12.4. The van der Waals surface area contributed by atoms with E-state index < -0.39 is 10.0 Å². The highest BCUT2D eigenvalue weighted by molar-refractivity contribution is 7.88. The average Bonchev–Trinajstić information content (AvgIpc) is 3.07. The van der Waals surface area contributed by atoms with Crippen molar-refractivity contribution in [2.75, 3.05) is 39.2 Å². The Hall–Kier alpha value is -1.31. The van der Waals surface area contributed by atoms with Crippen molar-refractivity contribution < 1.29 is 17.9 Å². The molecule has 0 N–H and O–H groups in total. The van der Waals surface area contributed by atoms with Gasteiger partial charge in [0.05, 0.1) is 6.26 Å². The third-order valence-corrected chi connectivity index (χ3v) is 6.84. The van der Waals surface area contributed by atoms with Crippen LogP contribution in [0.3, 0.4) is 0 Å². The molecule has 1 aromatic rings. The Kier molecular flexibility index (Phi) is 6.10. The van der Waals surface area contributed by atoms with Gasteiger partial charge in [-0.3, -0.25) is 0 Å². The number of benzene rings is 1. The topological polar surface area (TPSA) is 59.1 Å².